The van der Waals surface area contributed by atoms with Crippen LogP contribution in [0.3, 0.4) is 0 Å². The van der Waals surface area contributed by atoms with Gasteiger partial charge in [-0.3, -0.25) is 19.8 Å². The molecule has 19 heavy (non-hydrogen) atoms. The van der Waals surface area contributed by atoms with Crippen molar-refractivity contribution in [1.29, 1.82) is 0 Å². The second-order valence-corrected chi connectivity index (χ2v) is 6.59. The first-order valence-corrected chi connectivity index (χ1v) is 7.40. The Morgan fingerprint density at radius 1 is 1.42 bits per heavy atom. The number of hydrogen-bond acceptors (Lipinski definition) is 5. The second-order valence-electron chi connectivity index (χ2n) is 5.70. The lowest BCUT2D eigenvalue weighted by atomic mass is 10.0. The minimum atomic E-state index is -0.410. The van der Waals surface area contributed by atoms with Gasteiger partial charge in [0.15, 0.2) is 0 Å². The largest absolute Gasteiger partial charge is 0.294 e. The number of rotatable bonds is 4. The van der Waals surface area contributed by atoms with Crippen molar-refractivity contribution in [3.63, 3.8) is 0 Å². The number of nitrogens with zero attached hydrogens (tertiary/aromatic N) is 2. The molecule has 2 fully saturated rings. The summed E-state index contributed by atoms with van der Waals surface area (Å²) in [7, 11) is 0. The van der Waals surface area contributed by atoms with Crippen LogP contribution in [-0.4, -0.2) is 33.8 Å². The summed E-state index contributed by atoms with van der Waals surface area (Å²) in [6, 6.07) is -0.248. The highest BCUT2D eigenvalue weighted by molar-refractivity contribution is 7.09. The first kappa shape index (κ1) is 12.7. The minimum absolute atomic E-state index is 0.0417. The maximum atomic E-state index is 12.3. The third-order valence-corrected chi connectivity index (χ3v) is 4.69. The highest BCUT2D eigenvalue weighted by Gasteiger charge is 2.47. The van der Waals surface area contributed by atoms with Crippen molar-refractivity contribution in [3.05, 3.63) is 16.6 Å². The average molecular weight is 279 g/mol. The van der Waals surface area contributed by atoms with Gasteiger partial charge in [0.25, 0.3) is 0 Å². The first-order valence-electron chi connectivity index (χ1n) is 6.52. The van der Waals surface area contributed by atoms with E-state index in [1.54, 1.807) is 17.5 Å². The number of amides is 2. The predicted octanol–water partition coefficient (Wildman–Crippen LogP) is 1.26. The standard InChI is InChI=1S/C13H17N3O2S/c1-13(2,12-14-5-6-19-12)15-9-7-10(17)16(11(9)18)8-3-4-8/h5-6,8-9,15H,3-4,7H2,1-2H3. The van der Waals surface area contributed by atoms with Gasteiger partial charge in [-0.1, -0.05) is 0 Å². The van der Waals surface area contributed by atoms with Crippen LogP contribution in [0.5, 0.6) is 0 Å². The van der Waals surface area contributed by atoms with Crippen LogP contribution in [0.4, 0.5) is 0 Å². The summed E-state index contributed by atoms with van der Waals surface area (Å²) >= 11 is 1.55. The van der Waals surface area contributed by atoms with E-state index in [-0.39, 0.29) is 24.3 Å². The molecule has 1 aliphatic carbocycles. The lowest BCUT2D eigenvalue weighted by Crippen LogP contribution is -2.48. The maximum Gasteiger partial charge on any atom is 0.247 e. The van der Waals surface area contributed by atoms with Crippen LogP contribution in [0.25, 0.3) is 0 Å². The summed E-state index contributed by atoms with van der Waals surface area (Å²) in [5, 5.41) is 6.13. The molecule has 1 atom stereocenters. The molecule has 1 N–H and O–H groups in total. The highest BCUT2D eigenvalue weighted by Crippen LogP contribution is 2.33. The zero-order valence-corrected chi connectivity index (χ0v) is 11.9. The Balaban J connectivity index is 1.74. The van der Waals surface area contributed by atoms with Gasteiger partial charge >= 0.3 is 0 Å². The number of aromatic nitrogens is 1. The molecule has 1 saturated carbocycles. The first-order chi connectivity index (χ1) is 8.99. The fourth-order valence-corrected chi connectivity index (χ4v) is 3.24. The van der Waals surface area contributed by atoms with Gasteiger partial charge in [-0.2, -0.15) is 0 Å². The van der Waals surface area contributed by atoms with E-state index in [1.165, 1.54) is 4.90 Å². The summed E-state index contributed by atoms with van der Waals surface area (Å²) in [5.41, 5.74) is -0.395. The van der Waals surface area contributed by atoms with E-state index in [1.807, 2.05) is 19.2 Å². The molecule has 1 aliphatic heterocycles. The lowest BCUT2D eigenvalue weighted by molar-refractivity contribution is -0.139. The van der Waals surface area contributed by atoms with E-state index in [9.17, 15) is 9.59 Å². The summed E-state index contributed by atoms with van der Waals surface area (Å²) in [4.78, 5) is 29.9. The molecule has 1 saturated heterocycles. The third kappa shape index (κ3) is 2.30. The predicted molar refractivity (Wildman–Crippen MR) is 71.6 cm³/mol. The Bertz CT molecular complexity index is 508. The van der Waals surface area contributed by atoms with Gasteiger partial charge in [0.05, 0.1) is 18.0 Å². The van der Waals surface area contributed by atoms with Crippen LogP contribution >= 0.6 is 11.3 Å². The van der Waals surface area contributed by atoms with Crippen LogP contribution in [0.1, 0.15) is 38.1 Å². The summed E-state index contributed by atoms with van der Waals surface area (Å²) in [6.45, 7) is 3.98. The van der Waals surface area contributed by atoms with Gasteiger partial charge in [-0.05, 0) is 26.7 Å². The number of hydrogen-bond donors (Lipinski definition) is 1. The van der Waals surface area contributed by atoms with Crippen molar-refractivity contribution in [1.82, 2.24) is 15.2 Å². The van der Waals surface area contributed by atoms with Gasteiger partial charge in [0.1, 0.15) is 5.01 Å². The van der Waals surface area contributed by atoms with Crippen LogP contribution in [0.15, 0.2) is 11.6 Å². The SMILES string of the molecule is CC(C)(NC1CC(=O)N(C2CC2)C1=O)c1nccs1. The van der Waals surface area contributed by atoms with Gasteiger partial charge in [-0.25, -0.2) is 4.98 Å². The topological polar surface area (TPSA) is 62.3 Å². The van der Waals surface area contributed by atoms with Crippen LogP contribution < -0.4 is 5.32 Å². The molecule has 3 rings (SSSR count). The molecule has 2 aliphatic rings. The quantitative estimate of drug-likeness (QED) is 0.843. The van der Waals surface area contributed by atoms with Crippen LogP contribution in [0.2, 0.25) is 0 Å². The maximum absolute atomic E-state index is 12.3. The molecule has 1 unspecified atom stereocenters. The zero-order chi connectivity index (χ0) is 13.6. The summed E-state index contributed by atoms with van der Waals surface area (Å²) in [6.07, 6.45) is 3.94. The smallest absolute Gasteiger partial charge is 0.247 e. The fourth-order valence-electron chi connectivity index (χ4n) is 2.51. The third-order valence-electron chi connectivity index (χ3n) is 3.60. The lowest BCUT2D eigenvalue weighted by Gasteiger charge is -2.27. The number of carbonyl (C=O) groups is 2. The Kier molecular flexibility index (Phi) is 2.94. The van der Waals surface area contributed by atoms with Crippen molar-refractivity contribution in [2.75, 3.05) is 0 Å². The van der Waals surface area contributed by atoms with E-state index in [4.69, 9.17) is 0 Å². The van der Waals surface area contributed by atoms with E-state index in [0.717, 1.165) is 17.8 Å². The van der Waals surface area contributed by atoms with Gasteiger partial charge in [0.2, 0.25) is 11.8 Å². The molecule has 6 heteroatoms. The monoisotopic (exact) mass is 279 g/mol. The molecule has 0 bridgehead atoms. The molecule has 0 spiro atoms. The molecule has 2 heterocycles. The molecule has 5 nitrogen and oxygen atoms in total. The molecule has 102 valence electrons. The molecule has 0 radical (unpaired) electrons. The van der Waals surface area contributed by atoms with Crippen molar-refractivity contribution in [2.24, 2.45) is 0 Å². The van der Waals surface area contributed by atoms with Crippen molar-refractivity contribution >= 4 is 23.2 Å². The molecular formula is C13H17N3O2S. The van der Waals surface area contributed by atoms with Gasteiger partial charge in [0, 0.05) is 17.6 Å². The van der Waals surface area contributed by atoms with E-state index in [2.05, 4.69) is 10.3 Å². The minimum Gasteiger partial charge on any atom is -0.294 e. The Morgan fingerprint density at radius 3 is 2.74 bits per heavy atom. The average Bonchev–Trinajstić information content (AvgIpc) is 2.90. The number of nitrogens with one attached hydrogen (secondary N) is 1. The van der Waals surface area contributed by atoms with Crippen LogP contribution in [0, 0.1) is 0 Å². The Labute approximate surface area is 116 Å². The molecule has 1 aromatic rings. The molecule has 0 aromatic carbocycles. The van der Waals surface area contributed by atoms with Gasteiger partial charge in [-0.15, -0.1) is 11.3 Å². The number of imide groups is 1. The fraction of sp³-hybridized carbons (Fsp3) is 0.615. The normalized spacial score (nSPS) is 24.3. The molecule has 2 amide bonds. The molecular weight excluding hydrogens is 262 g/mol. The summed E-state index contributed by atoms with van der Waals surface area (Å²) < 4.78 is 0. The van der Waals surface area contributed by atoms with Crippen molar-refractivity contribution in [3.8, 4) is 0 Å². The Hall–Kier alpha value is -1.27. The number of thiazole rings is 1. The van der Waals surface area contributed by atoms with E-state index in [0.29, 0.717) is 0 Å². The van der Waals surface area contributed by atoms with Crippen molar-refractivity contribution in [2.45, 2.75) is 50.7 Å². The van der Waals surface area contributed by atoms with E-state index >= 15 is 0 Å². The molecule has 1 aromatic heterocycles. The Morgan fingerprint density at radius 2 is 2.16 bits per heavy atom. The van der Waals surface area contributed by atoms with Gasteiger partial charge < -0.3 is 0 Å². The zero-order valence-electron chi connectivity index (χ0n) is 11.0. The van der Waals surface area contributed by atoms with E-state index < -0.39 is 11.6 Å². The number of likely N-dealkylation sites (tertiary alicyclic amines) is 1. The van der Waals surface area contributed by atoms with Crippen molar-refractivity contribution < 1.29 is 9.59 Å². The van der Waals surface area contributed by atoms with Crippen LogP contribution in [-0.2, 0) is 15.1 Å². The number of carbonyl (C=O) groups excluding carboxylic acids is 2. The highest BCUT2D eigenvalue weighted by atomic mass is 32.1. The second kappa shape index (κ2) is 4.38. The summed E-state index contributed by atoms with van der Waals surface area (Å²) in [5.74, 6) is -0.114.